The van der Waals surface area contributed by atoms with E-state index in [9.17, 15) is 17.6 Å². The molecular weight excluding hydrogens is 383 g/mol. The highest BCUT2D eigenvalue weighted by molar-refractivity contribution is 7.88. The summed E-state index contributed by atoms with van der Waals surface area (Å²) in [6.07, 6.45) is -0.0685. The van der Waals surface area contributed by atoms with Crippen LogP contribution in [0.4, 0.5) is 4.39 Å². The van der Waals surface area contributed by atoms with Crippen LogP contribution >= 0.6 is 0 Å². The summed E-state index contributed by atoms with van der Waals surface area (Å²) in [6.45, 7) is 1.68. The summed E-state index contributed by atoms with van der Waals surface area (Å²) < 4.78 is 45.7. The first-order valence-corrected chi connectivity index (χ1v) is 10.7. The standard InChI is InChI=1S/C20H23FN2O4S/c21-19-8-4-3-5-16(19)13-20(24)22-14-17-6-1-2-7-18(17)15-28(25,26)23-9-11-27-12-10-23/h1-8H,9-15H2,(H,22,24). The van der Waals surface area contributed by atoms with Gasteiger partial charge in [0.15, 0.2) is 0 Å². The van der Waals surface area contributed by atoms with Crippen LogP contribution in [0.2, 0.25) is 0 Å². The van der Waals surface area contributed by atoms with E-state index < -0.39 is 15.8 Å². The van der Waals surface area contributed by atoms with Gasteiger partial charge in [0.25, 0.3) is 0 Å². The van der Waals surface area contributed by atoms with Crippen molar-refractivity contribution in [2.45, 2.75) is 18.7 Å². The number of hydrogen-bond donors (Lipinski definition) is 1. The minimum absolute atomic E-state index is 0.0685. The van der Waals surface area contributed by atoms with E-state index in [1.165, 1.54) is 10.4 Å². The van der Waals surface area contributed by atoms with Crippen molar-refractivity contribution in [3.05, 3.63) is 71.0 Å². The third-order valence-electron chi connectivity index (χ3n) is 4.60. The van der Waals surface area contributed by atoms with Crippen molar-refractivity contribution in [3.63, 3.8) is 0 Å². The molecule has 1 N–H and O–H groups in total. The van der Waals surface area contributed by atoms with Crippen molar-refractivity contribution < 1.29 is 22.3 Å². The largest absolute Gasteiger partial charge is 0.379 e. The molecule has 0 atom stereocenters. The second-order valence-corrected chi connectivity index (χ2v) is 8.55. The number of carbonyl (C=O) groups is 1. The number of ether oxygens (including phenoxy) is 1. The average Bonchev–Trinajstić information content (AvgIpc) is 2.69. The van der Waals surface area contributed by atoms with Crippen molar-refractivity contribution in [1.29, 1.82) is 0 Å². The molecule has 0 radical (unpaired) electrons. The topological polar surface area (TPSA) is 75.7 Å². The zero-order valence-corrected chi connectivity index (χ0v) is 16.3. The molecule has 6 nitrogen and oxygen atoms in total. The molecule has 8 heteroatoms. The highest BCUT2D eigenvalue weighted by Gasteiger charge is 2.25. The summed E-state index contributed by atoms with van der Waals surface area (Å²) in [5, 5.41) is 2.75. The van der Waals surface area contributed by atoms with Gasteiger partial charge in [-0.15, -0.1) is 0 Å². The summed E-state index contributed by atoms with van der Waals surface area (Å²) in [5.74, 6) is -0.877. The van der Waals surface area contributed by atoms with Crippen LogP contribution in [0.25, 0.3) is 0 Å². The van der Waals surface area contributed by atoms with Crippen molar-refractivity contribution in [2.24, 2.45) is 0 Å². The van der Waals surface area contributed by atoms with E-state index >= 15 is 0 Å². The molecule has 1 saturated heterocycles. The first-order valence-electron chi connectivity index (χ1n) is 9.08. The fourth-order valence-corrected chi connectivity index (χ4v) is 4.62. The van der Waals surface area contributed by atoms with E-state index in [0.717, 1.165) is 5.56 Å². The maximum Gasteiger partial charge on any atom is 0.224 e. The second-order valence-electron chi connectivity index (χ2n) is 6.58. The van der Waals surface area contributed by atoms with Gasteiger partial charge in [0.1, 0.15) is 5.82 Å². The molecule has 0 aromatic heterocycles. The normalized spacial score (nSPS) is 15.3. The third kappa shape index (κ3) is 5.37. The number of rotatable bonds is 7. The quantitative estimate of drug-likeness (QED) is 0.762. The number of hydrogen-bond acceptors (Lipinski definition) is 4. The van der Waals surface area contributed by atoms with E-state index in [-0.39, 0.29) is 24.6 Å². The van der Waals surface area contributed by atoms with Gasteiger partial charge in [-0.05, 0) is 22.8 Å². The average molecular weight is 406 g/mol. The van der Waals surface area contributed by atoms with Crippen LogP contribution in [0.1, 0.15) is 16.7 Å². The van der Waals surface area contributed by atoms with E-state index in [0.29, 0.717) is 37.4 Å². The van der Waals surface area contributed by atoms with Crippen LogP contribution in [0.15, 0.2) is 48.5 Å². The predicted molar refractivity (Wildman–Crippen MR) is 103 cm³/mol. The molecule has 0 bridgehead atoms. The van der Waals surface area contributed by atoms with Gasteiger partial charge >= 0.3 is 0 Å². The molecule has 150 valence electrons. The minimum atomic E-state index is -3.46. The van der Waals surface area contributed by atoms with Crippen molar-refractivity contribution in [1.82, 2.24) is 9.62 Å². The monoisotopic (exact) mass is 406 g/mol. The number of morpholine rings is 1. The van der Waals surface area contributed by atoms with E-state index in [1.807, 2.05) is 0 Å². The van der Waals surface area contributed by atoms with E-state index in [1.54, 1.807) is 42.5 Å². The van der Waals surface area contributed by atoms with Gasteiger partial charge in [-0.3, -0.25) is 4.79 Å². The maximum atomic E-state index is 13.7. The van der Waals surface area contributed by atoms with Crippen LogP contribution < -0.4 is 5.32 Å². The Labute approximate surface area is 164 Å². The zero-order chi connectivity index (χ0) is 20.0. The smallest absolute Gasteiger partial charge is 0.224 e. The van der Waals surface area contributed by atoms with Gasteiger partial charge in [0.05, 0.1) is 25.4 Å². The summed E-state index contributed by atoms with van der Waals surface area (Å²) in [6, 6.07) is 13.2. The Balaban J connectivity index is 1.63. The molecule has 2 aromatic carbocycles. The van der Waals surface area contributed by atoms with Crippen molar-refractivity contribution >= 4 is 15.9 Å². The molecule has 0 unspecified atom stereocenters. The fraction of sp³-hybridized carbons (Fsp3) is 0.350. The highest BCUT2D eigenvalue weighted by atomic mass is 32.2. The highest BCUT2D eigenvalue weighted by Crippen LogP contribution is 2.17. The van der Waals surface area contributed by atoms with E-state index in [4.69, 9.17) is 4.74 Å². The molecule has 1 heterocycles. The van der Waals surface area contributed by atoms with Gasteiger partial charge in [-0.25, -0.2) is 12.8 Å². The minimum Gasteiger partial charge on any atom is -0.379 e. The van der Waals surface area contributed by atoms with E-state index in [2.05, 4.69) is 5.32 Å². The fourth-order valence-electron chi connectivity index (χ4n) is 3.05. The number of carbonyl (C=O) groups excluding carboxylic acids is 1. The van der Waals surface area contributed by atoms with Crippen LogP contribution in [-0.4, -0.2) is 44.9 Å². The number of benzene rings is 2. The first kappa shape index (κ1) is 20.4. The Kier molecular flexibility index (Phi) is 6.77. The number of nitrogens with zero attached hydrogens (tertiary/aromatic N) is 1. The molecule has 1 fully saturated rings. The SMILES string of the molecule is O=C(Cc1ccccc1F)NCc1ccccc1CS(=O)(=O)N1CCOCC1. The van der Waals surface area contributed by atoms with Crippen LogP contribution in [0.5, 0.6) is 0 Å². The first-order chi connectivity index (χ1) is 13.5. The Morgan fingerprint density at radius 3 is 2.29 bits per heavy atom. The van der Waals surface area contributed by atoms with Crippen LogP contribution in [-0.2, 0) is 38.3 Å². The number of halogens is 1. The second kappa shape index (κ2) is 9.27. The molecular formula is C20H23FN2O4S. The maximum absolute atomic E-state index is 13.7. The summed E-state index contributed by atoms with van der Waals surface area (Å²) in [5.41, 5.74) is 1.68. The lowest BCUT2D eigenvalue weighted by Crippen LogP contribution is -2.41. The number of amides is 1. The number of nitrogens with one attached hydrogen (secondary N) is 1. The zero-order valence-electron chi connectivity index (χ0n) is 15.4. The molecule has 3 rings (SSSR count). The van der Waals surface area contributed by atoms with Crippen LogP contribution in [0, 0.1) is 5.82 Å². The Hall–Kier alpha value is -2.29. The number of sulfonamides is 1. The lowest BCUT2D eigenvalue weighted by atomic mass is 10.1. The molecule has 1 aliphatic heterocycles. The Bertz CT molecular complexity index is 927. The molecule has 2 aromatic rings. The van der Waals surface area contributed by atoms with Crippen LogP contribution in [0.3, 0.4) is 0 Å². The lowest BCUT2D eigenvalue weighted by Gasteiger charge is -2.26. The molecule has 0 spiro atoms. The molecule has 1 amide bonds. The molecule has 0 aliphatic carbocycles. The molecule has 0 saturated carbocycles. The van der Waals surface area contributed by atoms with Gasteiger partial charge in [0, 0.05) is 19.6 Å². The lowest BCUT2D eigenvalue weighted by molar-refractivity contribution is -0.120. The van der Waals surface area contributed by atoms with Crippen molar-refractivity contribution in [3.8, 4) is 0 Å². The predicted octanol–water partition coefficient (Wildman–Crippen LogP) is 1.85. The summed E-state index contributed by atoms with van der Waals surface area (Å²) in [7, 11) is -3.46. The molecule has 28 heavy (non-hydrogen) atoms. The van der Waals surface area contributed by atoms with Crippen molar-refractivity contribution in [2.75, 3.05) is 26.3 Å². The molecule has 1 aliphatic rings. The summed E-state index contributed by atoms with van der Waals surface area (Å²) in [4.78, 5) is 12.2. The Morgan fingerprint density at radius 1 is 1.00 bits per heavy atom. The summed E-state index contributed by atoms with van der Waals surface area (Å²) >= 11 is 0. The third-order valence-corrected chi connectivity index (χ3v) is 6.43. The van der Waals surface area contributed by atoms with Gasteiger partial charge in [-0.2, -0.15) is 4.31 Å². The van der Waals surface area contributed by atoms with Gasteiger partial charge in [0.2, 0.25) is 15.9 Å². The van der Waals surface area contributed by atoms with Gasteiger partial charge < -0.3 is 10.1 Å². The Morgan fingerprint density at radius 2 is 1.61 bits per heavy atom. The van der Waals surface area contributed by atoms with Gasteiger partial charge in [-0.1, -0.05) is 42.5 Å².